The summed E-state index contributed by atoms with van der Waals surface area (Å²) < 4.78 is 0. The molecule has 0 aliphatic carbocycles. The summed E-state index contributed by atoms with van der Waals surface area (Å²) >= 11 is 0. The van der Waals surface area contributed by atoms with Crippen molar-refractivity contribution < 1.29 is 4.79 Å². The van der Waals surface area contributed by atoms with Crippen LogP contribution in [-0.4, -0.2) is 43.0 Å². The number of likely N-dealkylation sites (tertiary alicyclic amines) is 1. The van der Waals surface area contributed by atoms with Gasteiger partial charge in [-0.2, -0.15) is 0 Å². The molecule has 23 heavy (non-hydrogen) atoms. The van der Waals surface area contributed by atoms with E-state index in [-0.39, 0.29) is 36.8 Å². The molecule has 6 heteroatoms. The molecule has 1 amide bonds. The Bertz CT molecular complexity index is 445. The third-order valence-electron chi connectivity index (χ3n) is 4.22. The molecule has 132 valence electrons. The van der Waals surface area contributed by atoms with Crippen molar-refractivity contribution in [2.24, 2.45) is 0 Å². The number of benzene rings is 1. The average Bonchev–Trinajstić information content (AvgIpc) is 2.53. The van der Waals surface area contributed by atoms with Gasteiger partial charge in [-0.05, 0) is 38.9 Å². The van der Waals surface area contributed by atoms with Crippen LogP contribution >= 0.6 is 24.8 Å². The average molecular weight is 362 g/mol. The number of hydrogen-bond donors (Lipinski definition) is 2. The van der Waals surface area contributed by atoms with E-state index in [9.17, 15) is 4.79 Å². The minimum Gasteiger partial charge on any atom is -0.353 e. The molecule has 1 heterocycles. The SMILES string of the molecule is CNC(C)CNC(=O)C1CCCCN1Cc1ccccc1.Cl.Cl. The zero-order chi connectivity index (χ0) is 15.1. The molecule has 0 saturated carbocycles. The van der Waals surface area contributed by atoms with Crippen molar-refractivity contribution in [3.63, 3.8) is 0 Å². The van der Waals surface area contributed by atoms with Crippen molar-refractivity contribution >= 4 is 30.7 Å². The number of piperidine rings is 1. The van der Waals surface area contributed by atoms with Crippen LogP contribution in [0.15, 0.2) is 30.3 Å². The van der Waals surface area contributed by atoms with Crippen molar-refractivity contribution in [3.05, 3.63) is 35.9 Å². The van der Waals surface area contributed by atoms with Crippen molar-refractivity contribution in [2.75, 3.05) is 20.1 Å². The lowest BCUT2D eigenvalue weighted by Crippen LogP contribution is -2.50. The molecule has 2 rings (SSSR count). The van der Waals surface area contributed by atoms with Gasteiger partial charge in [-0.3, -0.25) is 9.69 Å². The number of carbonyl (C=O) groups is 1. The van der Waals surface area contributed by atoms with Crippen LogP contribution in [0, 0.1) is 0 Å². The van der Waals surface area contributed by atoms with Gasteiger partial charge in [0.1, 0.15) is 0 Å². The van der Waals surface area contributed by atoms with Crippen LogP contribution in [0.5, 0.6) is 0 Å². The molecule has 0 spiro atoms. The Hall–Kier alpha value is -0.810. The highest BCUT2D eigenvalue weighted by atomic mass is 35.5. The summed E-state index contributed by atoms with van der Waals surface area (Å²) in [6, 6.07) is 10.7. The van der Waals surface area contributed by atoms with Crippen molar-refractivity contribution in [1.29, 1.82) is 0 Å². The van der Waals surface area contributed by atoms with Gasteiger partial charge in [-0.25, -0.2) is 0 Å². The van der Waals surface area contributed by atoms with Gasteiger partial charge in [0.2, 0.25) is 5.91 Å². The first-order chi connectivity index (χ1) is 10.2. The summed E-state index contributed by atoms with van der Waals surface area (Å²) in [5, 5.41) is 6.22. The fraction of sp³-hybridized carbons (Fsp3) is 0.588. The van der Waals surface area contributed by atoms with Gasteiger partial charge < -0.3 is 10.6 Å². The topological polar surface area (TPSA) is 44.4 Å². The number of carbonyl (C=O) groups excluding carboxylic acids is 1. The fourth-order valence-electron chi connectivity index (χ4n) is 2.77. The second-order valence-electron chi connectivity index (χ2n) is 5.90. The zero-order valence-corrected chi connectivity index (χ0v) is 15.6. The molecule has 0 bridgehead atoms. The number of hydrogen-bond acceptors (Lipinski definition) is 3. The van der Waals surface area contributed by atoms with Gasteiger partial charge >= 0.3 is 0 Å². The van der Waals surface area contributed by atoms with Gasteiger partial charge in [0.15, 0.2) is 0 Å². The maximum absolute atomic E-state index is 12.4. The first-order valence-corrected chi connectivity index (χ1v) is 7.93. The number of halogens is 2. The van der Waals surface area contributed by atoms with Crippen LogP contribution in [0.4, 0.5) is 0 Å². The highest BCUT2D eigenvalue weighted by molar-refractivity contribution is 5.85. The van der Waals surface area contributed by atoms with Gasteiger partial charge in [0.25, 0.3) is 0 Å². The quantitative estimate of drug-likeness (QED) is 0.818. The van der Waals surface area contributed by atoms with Crippen LogP contribution in [0.25, 0.3) is 0 Å². The van der Waals surface area contributed by atoms with E-state index in [1.54, 1.807) is 0 Å². The molecule has 1 aliphatic rings. The molecule has 1 fully saturated rings. The summed E-state index contributed by atoms with van der Waals surface area (Å²) in [7, 11) is 1.92. The predicted molar refractivity (Wildman–Crippen MR) is 101 cm³/mol. The molecule has 1 aliphatic heterocycles. The Labute approximate surface area is 152 Å². The number of nitrogens with zero attached hydrogens (tertiary/aromatic N) is 1. The Morgan fingerprint density at radius 3 is 2.61 bits per heavy atom. The molecule has 2 N–H and O–H groups in total. The van der Waals surface area contributed by atoms with Crippen molar-refractivity contribution in [1.82, 2.24) is 15.5 Å². The van der Waals surface area contributed by atoms with Crippen LogP contribution < -0.4 is 10.6 Å². The molecular formula is C17H29Cl2N3O. The zero-order valence-electron chi connectivity index (χ0n) is 14.0. The predicted octanol–water partition coefficient (Wildman–Crippen LogP) is 2.61. The maximum Gasteiger partial charge on any atom is 0.237 e. The van der Waals surface area contributed by atoms with E-state index in [0.717, 1.165) is 25.9 Å². The molecular weight excluding hydrogens is 333 g/mol. The van der Waals surface area contributed by atoms with E-state index < -0.39 is 0 Å². The normalized spacial score (nSPS) is 19.1. The van der Waals surface area contributed by atoms with E-state index in [2.05, 4.69) is 46.7 Å². The molecule has 1 saturated heterocycles. The molecule has 2 atom stereocenters. The lowest BCUT2D eigenvalue weighted by molar-refractivity contribution is -0.128. The lowest BCUT2D eigenvalue weighted by Gasteiger charge is -2.35. The Kier molecular flexibility index (Phi) is 11.3. The molecule has 0 radical (unpaired) electrons. The fourth-order valence-corrected chi connectivity index (χ4v) is 2.77. The highest BCUT2D eigenvalue weighted by Gasteiger charge is 2.28. The van der Waals surface area contributed by atoms with E-state index in [1.807, 2.05) is 13.1 Å². The van der Waals surface area contributed by atoms with E-state index >= 15 is 0 Å². The summed E-state index contributed by atoms with van der Waals surface area (Å²) in [6.45, 7) is 4.63. The highest BCUT2D eigenvalue weighted by Crippen LogP contribution is 2.19. The van der Waals surface area contributed by atoms with E-state index in [4.69, 9.17) is 0 Å². The third kappa shape index (κ3) is 7.08. The standard InChI is InChI=1S/C17H27N3O.2ClH/c1-14(18-2)12-19-17(21)16-10-6-7-11-20(16)13-15-8-4-3-5-9-15;;/h3-5,8-9,14,16,18H,6-7,10-13H2,1-2H3,(H,19,21);2*1H. The van der Waals surface area contributed by atoms with Gasteiger partial charge in [-0.15, -0.1) is 24.8 Å². The summed E-state index contributed by atoms with van der Waals surface area (Å²) in [5.74, 6) is 0.174. The molecule has 1 aromatic carbocycles. The van der Waals surface area contributed by atoms with E-state index in [0.29, 0.717) is 12.6 Å². The Morgan fingerprint density at radius 2 is 1.96 bits per heavy atom. The summed E-state index contributed by atoms with van der Waals surface area (Å²) in [5.41, 5.74) is 1.28. The molecule has 4 nitrogen and oxygen atoms in total. The maximum atomic E-state index is 12.4. The van der Waals surface area contributed by atoms with Gasteiger partial charge in [0, 0.05) is 19.1 Å². The first kappa shape index (κ1) is 22.2. The summed E-state index contributed by atoms with van der Waals surface area (Å²) in [4.78, 5) is 14.8. The monoisotopic (exact) mass is 361 g/mol. The number of amides is 1. The number of nitrogens with one attached hydrogen (secondary N) is 2. The minimum atomic E-state index is 0. The minimum absolute atomic E-state index is 0. The molecule has 1 aromatic rings. The smallest absolute Gasteiger partial charge is 0.237 e. The largest absolute Gasteiger partial charge is 0.353 e. The van der Waals surface area contributed by atoms with Crippen molar-refractivity contribution in [3.8, 4) is 0 Å². The lowest BCUT2D eigenvalue weighted by atomic mass is 10.0. The van der Waals surface area contributed by atoms with Crippen molar-refractivity contribution in [2.45, 2.75) is 44.8 Å². The second kappa shape index (κ2) is 11.7. The Morgan fingerprint density at radius 1 is 1.26 bits per heavy atom. The van der Waals surface area contributed by atoms with E-state index in [1.165, 1.54) is 12.0 Å². The number of likely N-dealkylation sites (N-methyl/N-ethyl adjacent to an activating group) is 1. The molecule has 0 aromatic heterocycles. The van der Waals surface area contributed by atoms with Gasteiger partial charge in [-0.1, -0.05) is 36.8 Å². The van der Waals surface area contributed by atoms with Crippen LogP contribution in [-0.2, 0) is 11.3 Å². The third-order valence-corrected chi connectivity index (χ3v) is 4.22. The molecule has 2 unspecified atom stereocenters. The Balaban J connectivity index is 0.00000242. The van der Waals surface area contributed by atoms with Crippen LogP contribution in [0.2, 0.25) is 0 Å². The van der Waals surface area contributed by atoms with Gasteiger partial charge in [0.05, 0.1) is 6.04 Å². The summed E-state index contributed by atoms with van der Waals surface area (Å²) in [6.07, 6.45) is 3.29. The second-order valence-corrected chi connectivity index (χ2v) is 5.90. The first-order valence-electron chi connectivity index (χ1n) is 7.93. The van der Waals surface area contributed by atoms with Crippen LogP contribution in [0.3, 0.4) is 0 Å². The number of rotatable bonds is 6. The van der Waals surface area contributed by atoms with Crippen LogP contribution in [0.1, 0.15) is 31.7 Å².